The van der Waals surface area contributed by atoms with Gasteiger partial charge in [-0.05, 0) is 0 Å². The summed E-state index contributed by atoms with van der Waals surface area (Å²) in [6, 6.07) is 0. The van der Waals surface area contributed by atoms with Gasteiger partial charge >= 0.3 is 0 Å². The molecule has 1 fully saturated rings. The van der Waals surface area contributed by atoms with Crippen LogP contribution in [-0.4, -0.2) is 40.4 Å². The predicted octanol–water partition coefficient (Wildman–Crippen LogP) is 1.18. The number of aliphatic hydroxyl groups excluding tert-OH is 1. The first-order valence-corrected chi connectivity index (χ1v) is 6.64. The van der Waals surface area contributed by atoms with E-state index >= 15 is 0 Å². The molecule has 1 N–H and O–H groups in total. The summed E-state index contributed by atoms with van der Waals surface area (Å²) in [6.45, 7) is 0.759. The van der Waals surface area contributed by atoms with E-state index in [-0.39, 0.29) is 12.2 Å². The molecule has 0 radical (unpaired) electrons. The maximum Gasteiger partial charge on any atom is 0.0927 e. The Morgan fingerprint density at radius 2 is 2.64 bits per heavy atom. The molecule has 3 nitrogen and oxygen atoms in total. The van der Waals surface area contributed by atoms with Crippen molar-refractivity contribution in [3.8, 4) is 0 Å². The first kappa shape index (κ1) is 10.4. The first-order chi connectivity index (χ1) is 6.86. The van der Waals surface area contributed by atoms with Crippen LogP contribution in [0.15, 0.2) is 11.7 Å². The number of hydrogen-bond donors (Lipinski definition) is 1. The van der Waals surface area contributed by atoms with Gasteiger partial charge in [-0.15, -0.1) is 11.3 Å². The standard InChI is InChI=1S/C9H13NO2S2/c11-8(3-7-4-10-6-14-7)9-5-13-2-1-12-9/h4,6,8-9,11H,1-3,5H2. The monoisotopic (exact) mass is 231 g/mol. The molecule has 1 aromatic heterocycles. The summed E-state index contributed by atoms with van der Waals surface area (Å²) in [5, 5.41) is 9.89. The van der Waals surface area contributed by atoms with Gasteiger partial charge in [0.15, 0.2) is 0 Å². The fraction of sp³-hybridized carbons (Fsp3) is 0.667. The molecule has 2 heterocycles. The molecular weight excluding hydrogens is 218 g/mol. The normalized spacial score (nSPS) is 24.8. The average molecular weight is 231 g/mol. The van der Waals surface area contributed by atoms with Crippen molar-refractivity contribution in [2.45, 2.75) is 18.6 Å². The van der Waals surface area contributed by atoms with Crippen molar-refractivity contribution in [1.82, 2.24) is 4.98 Å². The second-order valence-corrected chi connectivity index (χ2v) is 5.34. The van der Waals surface area contributed by atoms with Crippen LogP contribution in [0, 0.1) is 0 Å². The average Bonchev–Trinajstić information content (AvgIpc) is 2.72. The van der Waals surface area contributed by atoms with Crippen molar-refractivity contribution in [2.24, 2.45) is 0 Å². The Morgan fingerprint density at radius 1 is 1.71 bits per heavy atom. The lowest BCUT2D eigenvalue weighted by molar-refractivity contribution is -0.0204. The quantitative estimate of drug-likeness (QED) is 0.848. The third-order valence-electron chi connectivity index (χ3n) is 2.16. The summed E-state index contributed by atoms with van der Waals surface area (Å²) in [7, 11) is 0. The van der Waals surface area contributed by atoms with Crippen LogP contribution in [0.2, 0.25) is 0 Å². The fourth-order valence-corrected chi connectivity index (χ4v) is 2.99. The van der Waals surface area contributed by atoms with Crippen LogP contribution in [0.1, 0.15) is 4.88 Å². The molecule has 0 bridgehead atoms. The highest BCUT2D eigenvalue weighted by Crippen LogP contribution is 2.19. The van der Waals surface area contributed by atoms with Crippen molar-refractivity contribution >= 4 is 23.1 Å². The molecule has 1 aromatic rings. The number of ether oxygens (including phenoxy) is 1. The van der Waals surface area contributed by atoms with Crippen LogP contribution in [0.3, 0.4) is 0 Å². The molecule has 0 aromatic carbocycles. The minimum atomic E-state index is -0.386. The maximum absolute atomic E-state index is 9.89. The van der Waals surface area contributed by atoms with Gasteiger partial charge in [-0.2, -0.15) is 11.8 Å². The van der Waals surface area contributed by atoms with E-state index in [4.69, 9.17) is 4.74 Å². The van der Waals surface area contributed by atoms with Gasteiger partial charge in [-0.1, -0.05) is 0 Å². The molecule has 0 aliphatic carbocycles. The van der Waals surface area contributed by atoms with Crippen molar-refractivity contribution in [3.05, 3.63) is 16.6 Å². The van der Waals surface area contributed by atoms with Crippen LogP contribution in [0.5, 0.6) is 0 Å². The van der Waals surface area contributed by atoms with E-state index in [1.54, 1.807) is 16.8 Å². The smallest absolute Gasteiger partial charge is 0.0927 e. The van der Waals surface area contributed by atoms with Gasteiger partial charge in [0.05, 0.1) is 24.3 Å². The van der Waals surface area contributed by atoms with E-state index in [2.05, 4.69) is 4.98 Å². The lowest BCUT2D eigenvalue weighted by atomic mass is 10.1. The molecule has 2 unspecified atom stereocenters. The number of aliphatic hydroxyl groups is 1. The molecule has 78 valence electrons. The lowest BCUT2D eigenvalue weighted by Gasteiger charge is -2.26. The molecule has 14 heavy (non-hydrogen) atoms. The van der Waals surface area contributed by atoms with Gasteiger partial charge in [-0.25, -0.2) is 0 Å². The highest BCUT2D eigenvalue weighted by molar-refractivity contribution is 7.99. The zero-order valence-corrected chi connectivity index (χ0v) is 9.39. The molecule has 0 saturated carbocycles. The van der Waals surface area contributed by atoms with Gasteiger partial charge < -0.3 is 9.84 Å². The Hall–Kier alpha value is -0.100. The third-order valence-corrected chi connectivity index (χ3v) is 3.99. The van der Waals surface area contributed by atoms with E-state index in [0.29, 0.717) is 6.42 Å². The largest absolute Gasteiger partial charge is 0.390 e. The van der Waals surface area contributed by atoms with Crippen molar-refractivity contribution in [3.63, 3.8) is 0 Å². The topological polar surface area (TPSA) is 42.4 Å². The number of thiazole rings is 1. The lowest BCUT2D eigenvalue weighted by Crippen LogP contribution is -2.36. The minimum Gasteiger partial charge on any atom is -0.390 e. The molecule has 2 atom stereocenters. The van der Waals surface area contributed by atoms with E-state index in [9.17, 15) is 5.11 Å². The van der Waals surface area contributed by atoms with Crippen LogP contribution in [0.25, 0.3) is 0 Å². The SMILES string of the molecule is OC(Cc1cncs1)C1CSCCO1. The summed E-state index contributed by atoms with van der Waals surface area (Å²) in [5.41, 5.74) is 1.79. The Labute approximate surface area is 91.5 Å². The van der Waals surface area contributed by atoms with Crippen LogP contribution < -0.4 is 0 Å². The van der Waals surface area contributed by atoms with Crippen molar-refractivity contribution in [1.29, 1.82) is 0 Å². The third kappa shape index (κ3) is 2.70. The maximum atomic E-state index is 9.89. The first-order valence-electron chi connectivity index (χ1n) is 4.61. The number of aromatic nitrogens is 1. The van der Waals surface area contributed by atoms with E-state index in [0.717, 1.165) is 23.0 Å². The number of thioether (sulfide) groups is 1. The molecule has 1 aliphatic heterocycles. The molecule has 2 rings (SSSR count). The Bertz CT molecular complexity index is 260. The molecule has 0 amide bonds. The zero-order valence-electron chi connectivity index (χ0n) is 7.76. The predicted molar refractivity (Wildman–Crippen MR) is 58.9 cm³/mol. The second kappa shape index (κ2) is 5.11. The number of rotatable bonds is 3. The fourth-order valence-electron chi connectivity index (χ4n) is 1.41. The summed E-state index contributed by atoms with van der Waals surface area (Å²) >= 11 is 3.43. The van der Waals surface area contributed by atoms with Crippen molar-refractivity contribution < 1.29 is 9.84 Å². The summed E-state index contributed by atoms with van der Waals surface area (Å²) in [6.07, 6.45) is 2.08. The molecule has 0 spiro atoms. The number of nitrogens with zero attached hydrogens (tertiary/aromatic N) is 1. The Kier molecular flexibility index (Phi) is 3.81. The zero-order chi connectivity index (χ0) is 9.80. The highest BCUT2D eigenvalue weighted by atomic mass is 32.2. The summed E-state index contributed by atoms with van der Waals surface area (Å²) in [5.74, 6) is 1.95. The van der Waals surface area contributed by atoms with Gasteiger partial charge in [0.25, 0.3) is 0 Å². The van der Waals surface area contributed by atoms with Gasteiger partial charge in [0.1, 0.15) is 0 Å². The van der Waals surface area contributed by atoms with E-state index in [1.165, 1.54) is 0 Å². The summed E-state index contributed by atoms with van der Waals surface area (Å²) < 4.78 is 5.50. The molecular formula is C9H13NO2S2. The summed E-state index contributed by atoms with van der Waals surface area (Å²) in [4.78, 5) is 5.10. The second-order valence-electron chi connectivity index (χ2n) is 3.22. The van der Waals surface area contributed by atoms with E-state index in [1.807, 2.05) is 18.0 Å². The van der Waals surface area contributed by atoms with Crippen LogP contribution >= 0.6 is 23.1 Å². The van der Waals surface area contributed by atoms with Gasteiger partial charge in [-0.3, -0.25) is 4.98 Å². The minimum absolute atomic E-state index is 0.00384. The Morgan fingerprint density at radius 3 is 3.29 bits per heavy atom. The molecule has 5 heteroatoms. The van der Waals surface area contributed by atoms with Crippen LogP contribution in [-0.2, 0) is 11.2 Å². The van der Waals surface area contributed by atoms with E-state index < -0.39 is 0 Å². The molecule has 1 saturated heterocycles. The van der Waals surface area contributed by atoms with Gasteiger partial charge in [0.2, 0.25) is 0 Å². The number of hydrogen-bond acceptors (Lipinski definition) is 5. The highest BCUT2D eigenvalue weighted by Gasteiger charge is 2.23. The molecule has 1 aliphatic rings. The van der Waals surface area contributed by atoms with Gasteiger partial charge in [0, 0.05) is 29.0 Å². The Balaban J connectivity index is 1.85. The van der Waals surface area contributed by atoms with Crippen LogP contribution in [0.4, 0.5) is 0 Å². The van der Waals surface area contributed by atoms with Crippen molar-refractivity contribution in [2.75, 3.05) is 18.1 Å².